The van der Waals surface area contributed by atoms with Crippen LogP contribution in [0.1, 0.15) is 19.3 Å². The zero-order valence-electron chi connectivity index (χ0n) is 8.15. The molecule has 0 saturated heterocycles. The van der Waals surface area contributed by atoms with E-state index in [4.69, 9.17) is 10.5 Å². The lowest BCUT2D eigenvalue weighted by atomic mass is 9.69. The van der Waals surface area contributed by atoms with E-state index in [2.05, 4.69) is 9.97 Å². The summed E-state index contributed by atoms with van der Waals surface area (Å²) >= 11 is 0. The van der Waals surface area contributed by atoms with Crippen molar-refractivity contribution in [1.29, 1.82) is 0 Å². The largest absolute Gasteiger partial charge is 0.476 e. The van der Waals surface area contributed by atoms with Crippen LogP contribution in [0.3, 0.4) is 0 Å². The van der Waals surface area contributed by atoms with Crippen LogP contribution in [0.4, 0.5) is 0 Å². The van der Waals surface area contributed by atoms with Crippen LogP contribution in [0.15, 0.2) is 18.6 Å². The van der Waals surface area contributed by atoms with Crippen molar-refractivity contribution in [2.45, 2.75) is 19.3 Å². The lowest BCUT2D eigenvalue weighted by Gasteiger charge is -2.40. The van der Waals surface area contributed by atoms with Crippen LogP contribution >= 0.6 is 0 Å². The molecule has 0 aliphatic heterocycles. The van der Waals surface area contributed by atoms with Gasteiger partial charge in [0.05, 0.1) is 12.8 Å². The number of hydrogen-bond acceptors (Lipinski definition) is 4. The van der Waals surface area contributed by atoms with Crippen molar-refractivity contribution in [1.82, 2.24) is 9.97 Å². The lowest BCUT2D eigenvalue weighted by molar-refractivity contribution is 0.0641. The summed E-state index contributed by atoms with van der Waals surface area (Å²) in [5.41, 5.74) is 5.92. The van der Waals surface area contributed by atoms with Gasteiger partial charge in [0.15, 0.2) is 0 Å². The summed E-state index contributed by atoms with van der Waals surface area (Å²) in [6.07, 6.45) is 8.50. The maximum Gasteiger partial charge on any atom is 0.232 e. The van der Waals surface area contributed by atoms with Gasteiger partial charge in [-0.25, -0.2) is 4.98 Å². The van der Waals surface area contributed by atoms with Crippen molar-refractivity contribution in [2.24, 2.45) is 11.1 Å². The van der Waals surface area contributed by atoms with E-state index in [9.17, 15) is 0 Å². The molecule has 0 radical (unpaired) electrons. The first kappa shape index (κ1) is 9.40. The average molecular weight is 193 g/mol. The van der Waals surface area contributed by atoms with Crippen molar-refractivity contribution in [3.05, 3.63) is 18.6 Å². The Morgan fingerprint density at radius 3 is 2.79 bits per heavy atom. The minimum absolute atomic E-state index is 0.206. The number of nitrogens with zero attached hydrogens (tertiary/aromatic N) is 2. The molecule has 0 unspecified atom stereocenters. The van der Waals surface area contributed by atoms with Crippen molar-refractivity contribution in [3.8, 4) is 5.88 Å². The molecule has 4 nitrogen and oxygen atoms in total. The van der Waals surface area contributed by atoms with Gasteiger partial charge in [0.1, 0.15) is 0 Å². The smallest absolute Gasteiger partial charge is 0.232 e. The second kappa shape index (κ2) is 3.92. The standard InChI is InChI=1S/C10H15N3O/c11-7-10(2-1-3-10)8-14-9-6-12-4-5-13-9/h4-6H,1-3,7-8,11H2. The molecular formula is C10H15N3O. The molecule has 76 valence electrons. The first-order chi connectivity index (χ1) is 6.85. The summed E-state index contributed by atoms with van der Waals surface area (Å²) in [4.78, 5) is 7.99. The van der Waals surface area contributed by atoms with Crippen LogP contribution in [-0.2, 0) is 0 Å². The fourth-order valence-corrected chi connectivity index (χ4v) is 1.67. The van der Waals surface area contributed by atoms with Crippen LogP contribution < -0.4 is 10.5 Å². The van der Waals surface area contributed by atoms with Crippen molar-refractivity contribution >= 4 is 0 Å². The Morgan fingerprint density at radius 1 is 1.43 bits per heavy atom. The van der Waals surface area contributed by atoms with Crippen LogP contribution in [0, 0.1) is 5.41 Å². The highest BCUT2D eigenvalue weighted by molar-refractivity contribution is 5.02. The molecule has 1 aromatic heterocycles. The summed E-state index contributed by atoms with van der Waals surface area (Å²) in [7, 11) is 0. The van der Waals surface area contributed by atoms with Gasteiger partial charge >= 0.3 is 0 Å². The fraction of sp³-hybridized carbons (Fsp3) is 0.600. The monoisotopic (exact) mass is 193 g/mol. The third-order valence-corrected chi connectivity index (χ3v) is 2.91. The van der Waals surface area contributed by atoms with Crippen LogP contribution in [0.25, 0.3) is 0 Å². The maximum atomic E-state index is 5.72. The molecule has 1 saturated carbocycles. The zero-order valence-corrected chi connectivity index (χ0v) is 8.15. The van der Waals surface area contributed by atoms with E-state index < -0.39 is 0 Å². The van der Waals surface area contributed by atoms with E-state index in [1.807, 2.05) is 0 Å². The molecule has 0 bridgehead atoms. The molecule has 1 aliphatic carbocycles. The van der Waals surface area contributed by atoms with E-state index >= 15 is 0 Å². The van der Waals surface area contributed by atoms with E-state index in [1.54, 1.807) is 18.6 Å². The van der Waals surface area contributed by atoms with E-state index in [-0.39, 0.29) is 5.41 Å². The fourth-order valence-electron chi connectivity index (χ4n) is 1.67. The molecule has 0 aromatic carbocycles. The van der Waals surface area contributed by atoms with E-state index in [0.29, 0.717) is 19.0 Å². The molecule has 0 spiro atoms. The Morgan fingerprint density at radius 2 is 2.29 bits per heavy atom. The van der Waals surface area contributed by atoms with Gasteiger partial charge in [0.2, 0.25) is 5.88 Å². The minimum Gasteiger partial charge on any atom is -0.476 e. The number of aromatic nitrogens is 2. The Kier molecular flexibility index (Phi) is 2.63. The molecule has 1 aliphatic rings. The van der Waals surface area contributed by atoms with Gasteiger partial charge in [0.25, 0.3) is 0 Å². The molecule has 2 N–H and O–H groups in total. The third-order valence-electron chi connectivity index (χ3n) is 2.91. The molecular weight excluding hydrogens is 178 g/mol. The lowest BCUT2D eigenvalue weighted by Crippen LogP contribution is -2.42. The van der Waals surface area contributed by atoms with Gasteiger partial charge < -0.3 is 10.5 Å². The number of rotatable bonds is 4. The highest BCUT2D eigenvalue weighted by Gasteiger charge is 2.36. The predicted octanol–water partition coefficient (Wildman–Crippen LogP) is 0.984. The molecule has 4 heteroatoms. The Labute approximate surface area is 83.5 Å². The van der Waals surface area contributed by atoms with Crippen molar-refractivity contribution in [3.63, 3.8) is 0 Å². The highest BCUT2D eigenvalue weighted by atomic mass is 16.5. The van der Waals surface area contributed by atoms with E-state index in [0.717, 1.165) is 0 Å². The van der Waals surface area contributed by atoms with Gasteiger partial charge in [-0.2, -0.15) is 0 Å². The Bertz CT molecular complexity index is 279. The predicted molar refractivity (Wildman–Crippen MR) is 52.9 cm³/mol. The Hall–Kier alpha value is -1.16. The second-order valence-electron chi connectivity index (χ2n) is 3.89. The normalized spacial score (nSPS) is 18.6. The number of nitrogens with two attached hydrogens (primary N) is 1. The summed E-state index contributed by atoms with van der Waals surface area (Å²) in [6.45, 7) is 1.37. The molecule has 2 rings (SSSR count). The van der Waals surface area contributed by atoms with Gasteiger partial charge in [-0.15, -0.1) is 0 Å². The van der Waals surface area contributed by atoms with Crippen molar-refractivity contribution < 1.29 is 4.74 Å². The average Bonchev–Trinajstić information content (AvgIpc) is 2.19. The summed E-state index contributed by atoms with van der Waals surface area (Å²) in [5, 5.41) is 0. The van der Waals surface area contributed by atoms with Gasteiger partial charge in [-0.05, 0) is 12.8 Å². The SMILES string of the molecule is NCC1(COc2cnccn2)CCC1. The first-order valence-electron chi connectivity index (χ1n) is 4.94. The minimum atomic E-state index is 0.206. The molecule has 0 amide bonds. The summed E-state index contributed by atoms with van der Waals surface area (Å²) in [6, 6.07) is 0. The number of hydrogen-bond donors (Lipinski definition) is 1. The highest BCUT2D eigenvalue weighted by Crippen LogP contribution is 2.39. The van der Waals surface area contributed by atoms with Crippen molar-refractivity contribution in [2.75, 3.05) is 13.2 Å². The Balaban J connectivity index is 1.88. The third kappa shape index (κ3) is 1.85. The molecule has 1 heterocycles. The molecule has 1 aromatic rings. The van der Waals surface area contributed by atoms with E-state index in [1.165, 1.54) is 19.3 Å². The quantitative estimate of drug-likeness (QED) is 0.774. The molecule has 0 atom stereocenters. The topological polar surface area (TPSA) is 61.0 Å². The van der Waals surface area contributed by atoms with Gasteiger partial charge in [-0.1, -0.05) is 6.42 Å². The van der Waals surface area contributed by atoms with Gasteiger partial charge in [-0.3, -0.25) is 4.98 Å². The number of ether oxygens (including phenoxy) is 1. The maximum absolute atomic E-state index is 5.72. The van der Waals surface area contributed by atoms with Crippen LogP contribution in [0.5, 0.6) is 5.88 Å². The first-order valence-corrected chi connectivity index (χ1v) is 4.94. The molecule has 1 fully saturated rings. The second-order valence-corrected chi connectivity index (χ2v) is 3.89. The molecule has 14 heavy (non-hydrogen) atoms. The zero-order chi connectivity index (χ0) is 9.86. The van der Waals surface area contributed by atoms with Crippen LogP contribution in [0.2, 0.25) is 0 Å². The van der Waals surface area contributed by atoms with Gasteiger partial charge in [0, 0.05) is 24.4 Å². The summed E-state index contributed by atoms with van der Waals surface area (Å²) < 4.78 is 5.55. The van der Waals surface area contributed by atoms with Crippen LogP contribution in [-0.4, -0.2) is 23.1 Å². The summed E-state index contributed by atoms with van der Waals surface area (Å²) in [5.74, 6) is 0.590.